The van der Waals surface area contributed by atoms with Gasteiger partial charge in [-0.2, -0.15) is 0 Å². The van der Waals surface area contributed by atoms with E-state index in [1.54, 1.807) is 0 Å². The maximum absolute atomic E-state index is 11.0. The van der Waals surface area contributed by atoms with E-state index in [-0.39, 0.29) is 5.24 Å². The summed E-state index contributed by atoms with van der Waals surface area (Å²) in [4.78, 5) is 11.0. The van der Waals surface area contributed by atoms with Crippen LogP contribution in [0.15, 0.2) is 12.1 Å². The second-order valence-electron chi connectivity index (χ2n) is 3.95. The molecule has 0 aromatic heterocycles. The lowest BCUT2D eigenvalue weighted by Gasteiger charge is -2.14. The smallest absolute Gasteiger partial charge is 0.252 e. The fraction of sp³-hybridized carbons (Fsp3) is 0.417. The van der Waals surface area contributed by atoms with Crippen LogP contribution in [-0.4, -0.2) is 5.24 Å². The van der Waals surface area contributed by atoms with Gasteiger partial charge < -0.3 is 0 Å². The van der Waals surface area contributed by atoms with E-state index in [0.29, 0.717) is 11.5 Å². The van der Waals surface area contributed by atoms with Gasteiger partial charge in [0.25, 0.3) is 5.24 Å². The summed E-state index contributed by atoms with van der Waals surface area (Å²) in [5, 5.41) is -0.383. The Morgan fingerprint density at radius 3 is 1.93 bits per heavy atom. The fourth-order valence-electron chi connectivity index (χ4n) is 2.00. The second-order valence-corrected chi connectivity index (χ2v) is 4.30. The van der Waals surface area contributed by atoms with Gasteiger partial charge in [0.2, 0.25) is 0 Å². The molecule has 0 atom stereocenters. The quantitative estimate of drug-likeness (QED) is 0.679. The van der Waals surface area contributed by atoms with Crippen molar-refractivity contribution in [3.8, 4) is 0 Å². The van der Waals surface area contributed by atoms with Gasteiger partial charge in [0.05, 0.1) is 0 Å². The summed E-state index contributed by atoms with van der Waals surface area (Å²) < 4.78 is 0. The molecule has 1 rings (SSSR count). The van der Waals surface area contributed by atoms with Crippen molar-refractivity contribution >= 4 is 16.8 Å². The molecule has 1 aromatic rings. The molecule has 76 valence electrons. The second kappa shape index (κ2) is 4.14. The van der Waals surface area contributed by atoms with Gasteiger partial charge in [-0.05, 0) is 60.2 Å². The zero-order valence-corrected chi connectivity index (χ0v) is 9.77. The lowest BCUT2D eigenvalue weighted by molar-refractivity contribution is 0.108. The average Bonchev–Trinajstić information content (AvgIpc) is 2.01. The van der Waals surface area contributed by atoms with E-state index in [1.165, 1.54) is 5.56 Å². The van der Waals surface area contributed by atoms with E-state index in [9.17, 15) is 4.79 Å². The molecule has 0 aliphatic rings. The van der Waals surface area contributed by atoms with Crippen LogP contribution in [0.5, 0.6) is 0 Å². The van der Waals surface area contributed by atoms with Gasteiger partial charge in [0.15, 0.2) is 0 Å². The minimum atomic E-state index is -0.383. The summed E-state index contributed by atoms with van der Waals surface area (Å²) in [7, 11) is 0. The number of hydrogen-bond donors (Lipinski definition) is 0. The van der Waals surface area contributed by atoms with Crippen molar-refractivity contribution in [3.05, 3.63) is 34.4 Å². The number of halogens is 1. The summed E-state index contributed by atoms with van der Waals surface area (Å²) >= 11 is 5.44. The van der Waals surface area contributed by atoms with Crippen LogP contribution in [0, 0.1) is 13.8 Å². The monoisotopic (exact) mass is 210 g/mol. The number of carbonyl (C=O) groups excluding carboxylic acids is 1. The maximum Gasteiger partial charge on any atom is 0.252 e. The van der Waals surface area contributed by atoms with Crippen molar-refractivity contribution < 1.29 is 4.79 Å². The molecule has 0 aliphatic heterocycles. The van der Waals surface area contributed by atoms with Crippen LogP contribution in [0.3, 0.4) is 0 Å². The molecule has 0 fully saturated rings. The molecule has 0 radical (unpaired) electrons. The molecule has 2 heteroatoms. The van der Waals surface area contributed by atoms with Gasteiger partial charge in [-0.25, -0.2) is 0 Å². The van der Waals surface area contributed by atoms with Crippen molar-refractivity contribution in [1.82, 2.24) is 0 Å². The predicted molar refractivity (Wildman–Crippen MR) is 60.2 cm³/mol. The minimum Gasteiger partial charge on any atom is -0.276 e. The topological polar surface area (TPSA) is 17.1 Å². The van der Waals surface area contributed by atoms with Gasteiger partial charge in [0.1, 0.15) is 0 Å². The van der Waals surface area contributed by atoms with Crippen molar-refractivity contribution in [3.63, 3.8) is 0 Å². The maximum atomic E-state index is 11.0. The van der Waals surface area contributed by atoms with Crippen LogP contribution in [0.4, 0.5) is 0 Å². The molecule has 1 aromatic carbocycles. The summed E-state index contributed by atoms with van der Waals surface area (Å²) in [6.07, 6.45) is 0. The highest BCUT2D eigenvalue weighted by Crippen LogP contribution is 2.25. The van der Waals surface area contributed by atoms with Crippen molar-refractivity contribution in [2.45, 2.75) is 33.6 Å². The van der Waals surface area contributed by atoms with Gasteiger partial charge >= 0.3 is 0 Å². The zero-order valence-electron chi connectivity index (χ0n) is 9.02. The SMILES string of the molecule is Cc1cc(C(=O)Cl)cc(C)c1C(C)C. The molecule has 0 aliphatic carbocycles. The Balaban J connectivity index is 3.32. The van der Waals surface area contributed by atoms with Crippen LogP contribution in [0.1, 0.15) is 46.8 Å². The average molecular weight is 211 g/mol. The largest absolute Gasteiger partial charge is 0.276 e. The Hall–Kier alpha value is -0.820. The highest BCUT2D eigenvalue weighted by Gasteiger charge is 2.10. The molecule has 0 heterocycles. The Bertz CT molecular complexity index is 344. The summed E-state index contributed by atoms with van der Waals surface area (Å²) in [5.41, 5.74) is 4.19. The van der Waals surface area contributed by atoms with E-state index in [0.717, 1.165) is 11.1 Å². The normalized spacial score (nSPS) is 10.7. The van der Waals surface area contributed by atoms with Crippen molar-refractivity contribution in [1.29, 1.82) is 0 Å². The Labute approximate surface area is 90.1 Å². The zero-order chi connectivity index (χ0) is 10.9. The van der Waals surface area contributed by atoms with Crippen LogP contribution >= 0.6 is 11.6 Å². The van der Waals surface area contributed by atoms with Crippen LogP contribution in [0.2, 0.25) is 0 Å². The Morgan fingerprint density at radius 1 is 1.21 bits per heavy atom. The molecular formula is C12H15ClO. The predicted octanol–water partition coefficient (Wildman–Crippen LogP) is 3.81. The first-order chi connectivity index (χ1) is 6.43. The van der Waals surface area contributed by atoms with Crippen molar-refractivity contribution in [2.75, 3.05) is 0 Å². The number of hydrogen-bond acceptors (Lipinski definition) is 1. The van der Waals surface area contributed by atoms with Gasteiger partial charge in [-0.15, -0.1) is 0 Å². The number of benzene rings is 1. The fourth-order valence-corrected chi connectivity index (χ4v) is 2.11. The van der Waals surface area contributed by atoms with E-state index < -0.39 is 0 Å². The molecule has 0 saturated heterocycles. The standard InChI is InChI=1S/C12H15ClO/c1-7(2)11-8(3)5-10(12(13)14)6-9(11)4/h5-7H,1-4H3. The van der Waals surface area contributed by atoms with Gasteiger partial charge in [-0.1, -0.05) is 13.8 Å². The number of carbonyl (C=O) groups is 1. The molecule has 0 N–H and O–H groups in total. The van der Waals surface area contributed by atoms with E-state index in [4.69, 9.17) is 11.6 Å². The third-order valence-electron chi connectivity index (χ3n) is 2.40. The minimum absolute atomic E-state index is 0.383. The van der Waals surface area contributed by atoms with Crippen LogP contribution in [0.25, 0.3) is 0 Å². The van der Waals surface area contributed by atoms with E-state index >= 15 is 0 Å². The molecule has 0 spiro atoms. The first-order valence-electron chi connectivity index (χ1n) is 4.74. The van der Waals surface area contributed by atoms with Gasteiger partial charge in [0, 0.05) is 5.56 Å². The number of aryl methyl sites for hydroxylation is 2. The third kappa shape index (κ3) is 2.16. The van der Waals surface area contributed by atoms with Crippen LogP contribution < -0.4 is 0 Å². The molecule has 0 bridgehead atoms. The molecule has 0 saturated carbocycles. The van der Waals surface area contributed by atoms with Crippen molar-refractivity contribution in [2.24, 2.45) is 0 Å². The van der Waals surface area contributed by atoms with E-state index in [1.807, 2.05) is 26.0 Å². The molecule has 0 amide bonds. The Morgan fingerprint density at radius 2 is 1.64 bits per heavy atom. The summed E-state index contributed by atoms with van der Waals surface area (Å²) in [6, 6.07) is 3.72. The highest BCUT2D eigenvalue weighted by molar-refractivity contribution is 6.67. The molecular weight excluding hydrogens is 196 g/mol. The summed E-state index contributed by atoms with van der Waals surface area (Å²) in [5.74, 6) is 0.481. The molecule has 1 nitrogen and oxygen atoms in total. The third-order valence-corrected chi connectivity index (χ3v) is 2.62. The Kier molecular flexibility index (Phi) is 3.33. The van der Waals surface area contributed by atoms with Crippen LogP contribution in [-0.2, 0) is 0 Å². The van der Waals surface area contributed by atoms with E-state index in [2.05, 4.69) is 13.8 Å². The molecule has 14 heavy (non-hydrogen) atoms. The number of rotatable bonds is 2. The highest BCUT2D eigenvalue weighted by atomic mass is 35.5. The van der Waals surface area contributed by atoms with Gasteiger partial charge in [-0.3, -0.25) is 4.79 Å². The molecule has 0 unspecified atom stereocenters. The lowest BCUT2D eigenvalue weighted by atomic mass is 9.92. The first-order valence-corrected chi connectivity index (χ1v) is 5.12. The lowest BCUT2D eigenvalue weighted by Crippen LogP contribution is -2.00. The summed E-state index contributed by atoms with van der Waals surface area (Å²) in [6.45, 7) is 8.34. The first kappa shape index (κ1) is 11.3.